The Morgan fingerprint density at radius 1 is 1.32 bits per heavy atom. The quantitative estimate of drug-likeness (QED) is 0.804. The first-order valence-corrected chi connectivity index (χ1v) is 8.17. The van der Waals surface area contributed by atoms with Crippen molar-refractivity contribution in [3.63, 3.8) is 0 Å². The molecule has 1 rings (SSSR count). The third kappa shape index (κ3) is 5.19. The average Bonchev–Trinajstić information content (AvgIpc) is 2.35. The molecule has 116 valence electrons. The molecular formula is C12H28ClN3O2S. The minimum Gasteiger partial charge on any atom is -0.320 e. The molecule has 1 fully saturated rings. The molecule has 0 radical (unpaired) electrons. The van der Waals surface area contributed by atoms with Crippen LogP contribution in [0.25, 0.3) is 0 Å². The Bertz CT molecular complexity index is 341. The van der Waals surface area contributed by atoms with Gasteiger partial charge in [-0.25, -0.2) is 0 Å². The van der Waals surface area contributed by atoms with Gasteiger partial charge in [0.05, 0.1) is 0 Å². The van der Waals surface area contributed by atoms with Gasteiger partial charge in [0, 0.05) is 26.2 Å². The predicted molar refractivity (Wildman–Crippen MR) is 81.9 cm³/mol. The Kier molecular flexibility index (Phi) is 8.47. The first-order valence-electron chi connectivity index (χ1n) is 6.77. The van der Waals surface area contributed by atoms with Crippen molar-refractivity contribution in [1.82, 2.24) is 13.9 Å². The number of hydrogen-bond donors (Lipinski definition) is 1. The minimum atomic E-state index is -3.25. The third-order valence-corrected chi connectivity index (χ3v) is 5.96. The Balaban J connectivity index is 0.00000324. The van der Waals surface area contributed by atoms with Crippen molar-refractivity contribution in [2.24, 2.45) is 5.92 Å². The van der Waals surface area contributed by atoms with E-state index in [9.17, 15) is 8.42 Å². The zero-order chi connectivity index (χ0) is 13.8. The summed E-state index contributed by atoms with van der Waals surface area (Å²) in [6.07, 6.45) is 3.10. The predicted octanol–water partition coefficient (Wildman–Crippen LogP) is 1.31. The molecule has 0 saturated carbocycles. The fourth-order valence-electron chi connectivity index (χ4n) is 2.23. The molecule has 5 nitrogen and oxygen atoms in total. The van der Waals surface area contributed by atoms with Crippen molar-refractivity contribution < 1.29 is 8.42 Å². The summed E-state index contributed by atoms with van der Waals surface area (Å²) in [5.41, 5.74) is 0. The van der Waals surface area contributed by atoms with Crippen LogP contribution in [0.4, 0.5) is 0 Å². The maximum Gasteiger partial charge on any atom is 0.281 e. The van der Waals surface area contributed by atoms with Crippen molar-refractivity contribution in [2.75, 3.05) is 33.7 Å². The summed E-state index contributed by atoms with van der Waals surface area (Å²) in [4.78, 5) is 0. The summed E-state index contributed by atoms with van der Waals surface area (Å²) in [6, 6.07) is 0.0111. The van der Waals surface area contributed by atoms with Gasteiger partial charge in [-0.05, 0) is 52.6 Å². The second kappa shape index (κ2) is 8.42. The van der Waals surface area contributed by atoms with Crippen LogP contribution in [0.1, 0.15) is 33.1 Å². The second-order valence-corrected chi connectivity index (χ2v) is 7.34. The van der Waals surface area contributed by atoms with Gasteiger partial charge in [-0.2, -0.15) is 17.0 Å². The van der Waals surface area contributed by atoms with Crippen LogP contribution in [0, 0.1) is 5.92 Å². The lowest BCUT2D eigenvalue weighted by molar-refractivity contribution is 0.245. The molecule has 0 aromatic rings. The maximum absolute atomic E-state index is 12.3. The number of halogens is 1. The van der Waals surface area contributed by atoms with Crippen molar-refractivity contribution in [2.45, 2.75) is 39.2 Å². The number of rotatable bonds is 6. The zero-order valence-electron chi connectivity index (χ0n) is 12.4. The molecule has 1 N–H and O–H groups in total. The topological polar surface area (TPSA) is 52.7 Å². The molecule has 1 heterocycles. The summed E-state index contributed by atoms with van der Waals surface area (Å²) in [5, 5.41) is 3.15. The van der Waals surface area contributed by atoms with E-state index in [1.807, 2.05) is 20.9 Å². The molecule has 0 aromatic heterocycles. The first-order chi connectivity index (χ1) is 8.39. The van der Waals surface area contributed by atoms with E-state index in [0.29, 0.717) is 19.0 Å². The number of piperidine rings is 1. The van der Waals surface area contributed by atoms with E-state index < -0.39 is 10.2 Å². The highest BCUT2D eigenvalue weighted by atomic mass is 35.5. The van der Waals surface area contributed by atoms with Crippen molar-refractivity contribution in [1.29, 1.82) is 0 Å². The Morgan fingerprint density at radius 3 is 2.26 bits per heavy atom. The standard InChI is InChI=1S/C12H27N3O2S.ClH/c1-11(2)14(4)18(16,17)15-9-6-12(7-10-15)5-8-13-3;/h11-13H,5-10H2,1-4H3;1H. The van der Waals surface area contributed by atoms with Gasteiger partial charge in [0.15, 0.2) is 0 Å². The highest BCUT2D eigenvalue weighted by molar-refractivity contribution is 7.86. The Labute approximate surface area is 124 Å². The normalized spacial score (nSPS) is 18.8. The van der Waals surface area contributed by atoms with E-state index in [4.69, 9.17) is 0 Å². The molecule has 0 bridgehead atoms. The highest BCUT2D eigenvalue weighted by Crippen LogP contribution is 2.23. The lowest BCUT2D eigenvalue weighted by atomic mass is 9.95. The molecule has 0 spiro atoms. The van der Waals surface area contributed by atoms with Gasteiger partial charge in [-0.15, -0.1) is 12.4 Å². The van der Waals surface area contributed by atoms with Crippen LogP contribution in [-0.4, -0.2) is 56.8 Å². The van der Waals surface area contributed by atoms with Crippen LogP contribution < -0.4 is 5.32 Å². The molecule has 0 aliphatic carbocycles. The fraction of sp³-hybridized carbons (Fsp3) is 1.00. The van der Waals surface area contributed by atoms with E-state index in [0.717, 1.165) is 25.8 Å². The van der Waals surface area contributed by atoms with Gasteiger partial charge in [-0.3, -0.25) is 0 Å². The maximum atomic E-state index is 12.3. The molecule has 1 saturated heterocycles. The average molecular weight is 314 g/mol. The van der Waals surface area contributed by atoms with Crippen LogP contribution >= 0.6 is 12.4 Å². The van der Waals surface area contributed by atoms with Gasteiger partial charge in [0.25, 0.3) is 10.2 Å². The Morgan fingerprint density at radius 2 is 1.84 bits per heavy atom. The minimum absolute atomic E-state index is 0. The van der Waals surface area contributed by atoms with Crippen LogP contribution in [0.15, 0.2) is 0 Å². The molecule has 7 heteroatoms. The number of nitrogens with one attached hydrogen (secondary N) is 1. The van der Waals surface area contributed by atoms with Crippen LogP contribution in [0.2, 0.25) is 0 Å². The zero-order valence-corrected chi connectivity index (χ0v) is 14.1. The summed E-state index contributed by atoms with van der Waals surface area (Å²) in [5.74, 6) is 0.660. The van der Waals surface area contributed by atoms with E-state index in [1.54, 1.807) is 11.4 Å². The molecule has 0 atom stereocenters. The fourth-order valence-corrected chi connectivity index (χ4v) is 3.80. The molecular weight excluding hydrogens is 286 g/mol. The summed E-state index contributed by atoms with van der Waals surface area (Å²) in [7, 11) is 0.361. The largest absolute Gasteiger partial charge is 0.320 e. The smallest absolute Gasteiger partial charge is 0.281 e. The van der Waals surface area contributed by atoms with E-state index in [1.165, 1.54) is 4.31 Å². The summed E-state index contributed by atoms with van der Waals surface area (Å²) >= 11 is 0. The first kappa shape index (κ1) is 19.1. The molecule has 0 amide bonds. The third-order valence-electron chi connectivity index (χ3n) is 3.79. The highest BCUT2D eigenvalue weighted by Gasteiger charge is 2.31. The van der Waals surface area contributed by atoms with Crippen molar-refractivity contribution in [3.8, 4) is 0 Å². The molecule has 1 aliphatic rings. The number of hydrogen-bond acceptors (Lipinski definition) is 3. The number of nitrogens with zero attached hydrogens (tertiary/aromatic N) is 2. The van der Waals surface area contributed by atoms with Crippen LogP contribution in [-0.2, 0) is 10.2 Å². The Hall–Kier alpha value is 0.120. The van der Waals surface area contributed by atoms with E-state index in [-0.39, 0.29) is 18.4 Å². The van der Waals surface area contributed by atoms with Crippen LogP contribution in [0.3, 0.4) is 0 Å². The van der Waals surface area contributed by atoms with Crippen molar-refractivity contribution >= 4 is 22.6 Å². The SMILES string of the molecule is CNCCC1CCN(S(=O)(=O)N(C)C(C)C)CC1.Cl. The van der Waals surface area contributed by atoms with Gasteiger partial charge < -0.3 is 5.32 Å². The van der Waals surface area contributed by atoms with E-state index in [2.05, 4.69) is 5.32 Å². The van der Waals surface area contributed by atoms with Gasteiger partial charge >= 0.3 is 0 Å². The molecule has 1 aliphatic heterocycles. The second-order valence-electron chi connectivity index (χ2n) is 5.35. The monoisotopic (exact) mass is 313 g/mol. The van der Waals surface area contributed by atoms with Gasteiger partial charge in [0.1, 0.15) is 0 Å². The lowest BCUT2D eigenvalue weighted by Gasteiger charge is -2.34. The van der Waals surface area contributed by atoms with Gasteiger partial charge in [-0.1, -0.05) is 0 Å². The van der Waals surface area contributed by atoms with Crippen molar-refractivity contribution in [3.05, 3.63) is 0 Å². The molecule has 0 unspecified atom stereocenters. The molecule has 0 aromatic carbocycles. The van der Waals surface area contributed by atoms with Crippen LogP contribution in [0.5, 0.6) is 0 Å². The lowest BCUT2D eigenvalue weighted by Crippen LogP contribution is -2.47. The van der Waals surface area contributed by atoms with E-state index >= 15 is 0 Å². The summed E-state index contributed by atoms with van der Waals surface area (Å²) < 4.78 is 27.7. The van der Waals surface area contributed by atoms with Gasteiger partial charge in [0.2, 0.25) is 0 Å². The molecule has 19 heavy (non-hydrogen) atoms. The summed E-state index contributed by atoms with van der Waals surface area (Å²) in [6.45, 7) is 6.14.